The van der Waals surface area contributed by atoms with Gasteiger partial charge in [0.2, 0.25) is 5.91 Å². The van der Waals surface area contributed by atoms with Crippen LogP contribution in [0, 0.1) is 5.92 Å². The Morgan fingerprint density at radius 2 is 1.94 bits per heavy atom. The van der Waals surface area contributed by atoms with Crippen molar-refractivity contribution in [1.29, 1.82) is 0 Å². The summed E-state index contributed by atoms with van der Waals surface area (Å²) in [4.78, 5) is 22.7. The van der Waals surface area contributed by atoms with E-state index in [9.17, 15) is 9.59 Å². The standard InChI is InChI=1S/C11H22N2O3S/c1-8(5-14)6-17-7-9(15)12-10(16)13-11(2,3)4/h8,14H,5-7H2,1-4H3,(H2,12,13,15,16). The van der Waals surface area contributed by atoms with Crippen LogP contribution < -0.4 is 10.6 Å². The van der Waals surface area contributed by atoms with Gasteiger partial charge in [-0.2, -0.15) is 11.8 Å². The second kappa shape index (κ2) is 7.55. The fourth-order valence-corrected chi connectivity index (χ4v) is 1.82. The monoisotopic (exact) mass is 262 g/mol. The molecule has 0 fully saturated rings. The van der Waals surface area contributed by atoms with E-state index in [-0.39, 0.29) is 29.7 Å². The molecule has 0 aromatic carbocycles. The molecule has 0 aromatic heterocycles. The summed E-state index contributed by atoms with van der Waals surface area (Å²) in [6, 6.07) is -0.474. The Morgan fingerprint density at radius 1 is 1.35 bits per heavy atom. The molecule has 0 radical (unpaired) electrons. The van der Waals surface area contributed by atoms with Crippen LogP contribution in [0.25, 0.3) is 0 Å². The number of rotatable bonds is 5. The Hall–Kier alpha value is -0.750. The van der Waals surface area contributed by atoms with Gasteiger partial charge < -0.3 is 10.4 Å². The highest BCUT2D eigenvalue weighted by Crippen LogP contribution is 2.06. The molecule has 5 nitrogen and oxygen atoms in total. The van der Waals surface area contributed by atoms with Crippen molar-refractivity contribution in [1.82, 2.24) is 10.6 Å². The Bertz CT molecular complexity index is 264. The Morgan fingerprint density at radius 3 is 2.41 bits per heavy atom. The molecule has 0 spiro atoms. The summed E-state index contributed by atoms with van der Waals surface area (Å²) in [6.07, 6.45) is 0. The average Bonchev–Trinajstić information content (AvgIpc) is 2.13. The number of imide groups is 1. The minimum Gasteiger partial charge on any atom is -0.396 e. The molecular weight excluding hydrogens is 240 g/mol. The number of hydrogen-bond donors (Lipinski definition) is 3. The molecule has 0 heterocycles. The first-order valence-corrected chi connectivity index (χ1v) is 6.70. The van der Waals surface area contributed by atoms with E-state index in [1.165, 1.54) is 11.8 Å². The fraction of sp³-hybridized carbons (Fsp3) is 0.818. The Labute approximate surface area is 107 Å². The number of aliphatic hydroxyl groups is 1. The maximum atomic E-state index is 11.4. The van der Waals surface area contributed by atoms with Crippen molar-refractivity contribution < 1.29 is 14.7 Å². The first-order valence-electron chi connectivity index (χ1n) is 5.55. The molecule has 100 valence electrons. The van der Waals surface area contributed by atoms with E-state index in [0.717, 1.165) is 0 Å². The molecule has 0 bridgehead atoms. The molecule has 6 heteroatoms. The van der Waals surface area contributed by atoms with Crippen LogP contribution in [0.1, 0.15) is 27.7 Å². The van der Waals surface area contributed by atoms with Gasteiger partial charge in [0.05, 0.1) is 5.75 Å². The van der Waals surface area contributed by atoms with Gasteiger partial charge in [0.1, 0.15) is 0 Å². The third-order valence-corrected chi connectivity index (χ3v) is 2.96. The predicted octanol–water partition coefficient (Wildman–Crippen LogP) is 0.972. The third-order valence-electron chi connectivity index (χ3n) is 1.69. The van der Waals surface area contributed by atoms with Crippen LogP contribution in [-0.2, 0) is 4.79 Å². The van der Waals surface area contributed by atoms with Crippen LogP contribution in [-0.4, -0.2) is 40.7 Å². The molecule has 0 aliphatic carbocycles. The van der Waals surface area contributed by atoms with Gasteiger partial charge in [-0.25, -0.2) is 4.79 Å². The SMILES string of the molecule is CC(CO)CSCC(=O)NC(=O)NC(C)(C)C. The largest absolute Gasteiger partial charge is 0.396 e. The predicted molar refractivity (Wildman–Crippen MR) is 70.0 cm³/mol. The van der Waals surface area contributed by atoms with Crippen LogP contribution in [0.2, 0.25) is 0 Å². The lowest BCUT2D eigenvalue weighted by atomic mass is 10.1. The van der Waals surface area contributed by atoms with Gasteiger partial charge in [-0.05, 0) is 32.4 Å². The average molecular weight is 262 g/mol. The number of amides is 3. The molecule has 1 unspecified atom stereocenters. The third kappa shape index (κ3) is 10.1. The zero-order chi connectivity index (χ0) is 13.5. The van der Waals surface area contributed by atoms with Crippen molar-refractivity contribution in [2.24, 2.45) is 5.92 Å². The van der Waals surface area contributed by atoms with E-state index < -0.39 is 6.03 Å². The zero-order valence-corrected chi connectivity index (χ0v) is 11.7. The van der Waals surface area contributed by atoms with Gasteiger partial charge in [0.25, 0.3) is 0 Å². The first kappa shape index (κ1) is 16.2. The molecule has 0 aliphatic rings. The minimum absolute atomic E-state index is 0.110. The maximum Gasteiger partial charge on any atom is 0.321 e. The van der Waals surface area contributed by atoms with E-state index in [1.807, 2.05) is 27.7 Å². The van der Waals surface area contributed by atoms with E-state index in [4.69, 9.17) is 5.11 Å². The summed E-state index contributed by atoms with van der Waals surface area (Å²) < 4.78 is 0. The van der Waals surface area contributed by atoms with Crippen molar-refractivity contribution in [2.45, 2.75) is 33.2 Å². The number of urea groups is 1. The normalized spacial score (nSPS) is 13.0. The number of nitrogens with one attached hydrogen (secondary N) is 2. The number of carbonyl (C=O) groups is 2. The van der Waals surface area contributed by atoms with Crippen molar-refractivity contribution >= 4 is 23.7 Å². The summed E-state index contributed by atoms with van der Waals surface area (Å²) >= 11 is 1.40. The maximum absolute atomic E-state index is 11.4. The highest BCUT2D eigenvalue weighted by molar-refractivity contribution is 7.99. The highest BCUT2D eigenvalue weighted by atomic mass is 32.2. The van der Waals surface area contributed by atoms with Crippen LogP contribution >= 0.6 is 11.8 Å². The molecule has 0 aliphatic heterocycles. The van der Waals surface area contributed by atoms with Gasteiger partial charge in [0, 0.05) is 12.1 Å². The Balaban J connectivity index is 3.76. The first-order chi connectivity index (χ1) is 7.74. The van der Waals surface area contributed by atoms with Gasteiger partial charge in [0.15, 0.2) is 0 Å². The molecule has 3 amide bonds. The van der Waals surface area contributed by atoms with Gasteiger partial charge >= 0.3 is 6.03 Å². The molecule has 17 heavy (non-hydrogen) atoms. The van der Waals surface area contributed by atoms with E-state index in [2.05, 4.69) is 10.6 Å². The van der Waals surface area contributed by atoms with Crippen molar-refractivity contribution in [2.75, 3.05) is 18.1 Å². The lowest BCUT2D eigenvalue weighted by Crippen LogP contribution is -2.48. The summed E-state index contributed by atoms with van der Waals surface area (Å²) in [5.74, 6) is 0.769. The van der Waals surface area contributed by atoms with E-state index >= 15 is 0 Å². The van der Waals surface area contributed by atoms with Gasteiger partial charge in [-0.1, -0.05) is 6.92 Å². The molecule has 0 saturated carbocycles. The molecule has 1 atom stereocenters. The van der Waals surface area contributed by atoms with Crippen molar-refractivity contribution in [3.8, 4) is 0 Å². The van der Waals surface area contributed by atoms with Crippen LogP contribution in [0.15, 0.2) is 0 Å². The Kier molecular flexibility index (Phi) is 7.22. The number of aliphatic hydroxyl groups excluding tert-OH is 1. The number of carbonyl (C=O) groups excluding carboxylic acids is 2. The molecule has 3 N–H and O–H groups in total. The number of thioether (sulfide) groups is 1. The summed E-state index contributed by atoms with van der Waals surface area (Å²) in [5, 5.41) is 13.7. The zero-order valence-electron chi connectivity index (χ0n) is 10.9. The minimum atomic E-state index is -0.474. The second-order valence-corrected chi connectivity index (χ2v) is 6.09. The summed E-state index contributed by atoms with van der Waals surface area (Å²) in [6.45, 7) is 7.54. The summed E-state index contributed by atoms with van der Waals surface area (Å²) in [5.41, 5.74) is -0.358. The van der Waals surface area contributed by atoms with Crippen LogP contribution in [0.5, 0.6) is 0 Å². The van der Waals surface area contributed by atoms with Crippen molar-refractivity contribution in [3.63, 3.8) is 0 Å². The lowest BCUT2D eigenvalue weighted by Gasteiger charge is -2.20. The molecule has 0 aromatic rings. The van der Waals surface area contributed by atoms with Crippen LogP contribution in [0.3, 0.4) is 0 Å². The lowest BCUT2D eigenvalue weighted by molar-refractivity contribution is -0.117. The van der Waals surface area contributed by atoms with E-state index in [0.29, 0.717) is 5.75 Å². The summed E-state index contributed by atoms with van der Waals surface area (Å²) in [7, 11) is 0. The van der Waals surface area contributed by atoms with E-state index in [1.54, 1.807) is 0 Å². The molecule has 0 saturated heterocycles. The number of hydrogen-bond acceptors (Lipinski definition) is 4. The van der Waals surface area contributed by atoms with Gasteiger partial charge in [-0.3, -0.25) is 10.1 Å². The van der Waals surface area contributed by atoms with Crippen molar-refractivity contribution in [3.05, 3.63) is 0 Å². The smallest absolute Gasteiger partial charge is 0.321 e. The molecular formula is C11H22N2O3S. The fourth-order valence-electron chi connectivity index (χ4n) is 0.940. The topological polar surface area (TPSA) is 78.4 Å². The van der Waals surface area contributed by atoms with Gasteiger partial charge in [-0.15, -0.1) is 0 Å². The van der Waals surface area contributed by atoms with Crippen LogP contribution in [0.4, 0.5) is 4.79 Å². The molecule has 0 rings (SSSR count). The second-order valence-electron chi connectivity index (χ2n) is 5.06. The highest BCUT2D eigenvalue weighted by Gasteiger charge is 2.15. The quantitative estimate of drug-likeness (QED) is 0.690.